The minimum Gasteiger partial charge on any atom is -0.497 e. The first kappa shape index (κ1) is 19.1. The summed E-state index contributed by atoms with van der Waals surface area (Å²) >= 11 is 0. The van der Waals surface area contributed by atoms with Gasteiger partial charge in [-0.3, -0.25) is 4.79 Å². The molecule has 1 aliphatic rings. The van der Waals surface area contributed by atoms with Gasteiger partial charge in [0.15, 0.2) is 5.96 Å². The number of guanidine groups is 1. The van der Waals surface area contributed by atoms with Crippen LogP contribution in [0.25, 0.3) is 0 Å². The van der Waals surface area contributed by atoms with Gasteiger partial charge in [0.1, 0.15) is 5.75 Å². The predicted molar refractivity (Wildman–Crippen MR) is 101 cm³/mol. The summed E-state index contributed by atoms with van der Waals surface area (Å²) in [4.78, 5) is 18.6. The van der Waals surface area contributed by atoms with Crippen LogP contribution in [-0.4, -0.2) is 50.6 Å². The van der Waals surface area contributed by atoms with Gasteiger partial charge in [0.2, 0.25) is 5.91 Å². The number of nitrogens with one attached hydrogen (secondary N) is 2. The zero-order valence-corrected chi connectivity index (χ0v) is 15.5. The molecule has 2 rings (SSSR count). The van der Waals surface area contributed by atoms with Gasteiger partial charge in [-0.2, -0.15) is 0 Å². The molecule has 1 aromatic rings. The van der Waals surface area contributed by atoms with Gasteiger partial charge in [-0.25, -0.2) is 4.99 Å². The predicted octanol–water partition coefficient (Wildman–Crippen LogP) is 2.01. The fourth-order valence-electron chi connectivity index (χ4n) is 3.04. The number of methoxy groups -OCH3 is 1. The minimum absolute atomic E-state index is 0.138. The third kappa shape index (κ3) is 5.96. The Labute approximate surface area is 150 Å². The first-order valence-electron chi connectivity index (χ1n) is 9.03. The Hall–Kier alpha value is -2.24. The molecule has 0 radical (unpaired) electrons. The van der Waals surface area contributed by atoms with Crippen LogP contribution in [0.1, 0.15) is 31.7 Å². The monoisotopic (exact) mass is 346 g/mol. The summed E-state index contributed by atoms with van der Waals surface area (Å²) in [5, 5.41) is 6.10. The van der Waals surface area contributed by atoms with Gasteiger partial charge in [0, 0.05) is 33.1 Å². The van der Waals surface area contributed by atoms with Crippen LogP contribution >= 0.6 is 0 Å². The molecule has 1 aromatic carbocycles. The molecule has 25 heavy (non-hydrogen) atoms. The number of carbonyl (C=O) groups excluding carboxylic acids is 1. The van der Waals surface area contributed by atoms with E-state index >= 15 is 0 Å². The maximum atomic E-state index is 11.5. The minimum atomic E-state index is 0.138. The third-order valence-corrected chi connectivity index (χ3v) is 4.57. The zero-order valence-electron chi connectivity index (χ0n) is 15.5. The normalized spacial score (nSPS) is 15.8. The van der Waals surface area contributed by atoms with E-state index in [1.165, 1.54) is 0 Å². The molecular formula is C19H30N4O2. The Bertz CT molecular complexity index is 563. The van der Waals surface area contributed by atoms with E-state index in [4.69, 9.17) is 9.73 Å². The van der Waals surface area contributed by atoms with Crippen molar-refractivity contribution in [1.29, 1.82) is 0 Å². The van der Waals surface area contributed by atoms with E-state index in [1.807, 2.05) is 24.3 Å². The van der Waals surface area contributed by atoms with Gasteiger partial charge in [-0.05, 0) is 43.4 Å². The van der Waals surface area contributed by atoms with Crippen molar-refractivity contribution in [2.24, 2.45) is 10.9 Å². The number of carbonyl (C=O) groups is 1. The molecule has 0 spiro atoms. The molecule has 0 aliphatic carbocycles. The fourth-order valence-corrected chi connectivity index (χ4v) is 3.04. The molecule has 1 amide bonds. The van der Waals surface area contributed by atoms with Gasteiger partial charge in [0.05, 0.1) is 13.7 Å². The molecular weight excluding hydrogens is 316 g/mol. The summed E-state index contributed by atoms with van der Waals surface area (Å²) < 4.78 is 5.19. The molecule has 138 valence electrons. The Morgan fingerprint density at radius 3 is 2.52 bits per heavy atom. The topological polar surface area (TPSA) is 66.0 Å². The van der Waals surface area contributed by atoms with E-state index in [1.54, 1.807) is 14.2 Å². The number of piperidine rings is 1. The number of hydrogen-bond donors (Lipinski definition) is 2. The lowest BCUT2D eigenvalue weighted by Gasteiger charge is -2.34. The van der Waals surface area contributed by atoms with E-state index in [-0.39, 0.29) is 5.91 Å². The molecule has 0 aromatic heterocycles. The summed E-state index contributed by atoms with van der Waals surface area (Å²) in [5.74, 6) is 2.42. The summed E-state index contributed by atoms with van der Waals surface area (Å²) in [6, 6.07) is 8.01. The number of aliphatic imine (C=N–C) groups is 1. The lowest BCUT2D eigenvalue weighted by Crippen LogP contribution is -2.46. The number of benzene rings is 1. The summed E-state index contributed by atoms with van der Waals surface area (Å²) in [5.41, 5.74) is 1.16. The van der Waals surface area contributed by atoms with Crippen molar-refractivity contribution in [3.05, 3.63) is 29.8 Å². The van der Waals surface area contributed by atoms with E-state index in [0.29, 0.717) is 18.9 Å². The highest BCUT2D eigenvalue weighted by Gasteiger charge is 2.22. The highest BCUT2D eigenvalue weighted by molar-refractivity contribution is 5.80. The van der Waals surface area contributed by atoms with Crippen molar-refractivity contribution in [2.75, 3.05) is 33.8 Å². The molecule has 1 fully saturated rings. The molecule has 1 heterocycles. The van der Waals surface area contributed by atoms with Crippen molar-refractivity contribution in [3.63, 3.8) is 0 Å². The van der Waals surface area contributed by atoms with E-state index in [9.17, 15) is 4.79 Å². The van der Waals surface area contributed by atoms with E-state index in [2.05, 4.69) is 22.5 Å². The Morgan fingerprint density at radius 1 is 1.28 bits per heavy atom. The Balaban J connectivity index is 1.92. The molecule has 6 nitrogen and oxygen atoms in total. The molecule has 1 aliphatic heterocycles. The molecule has 0 saturated carbocycles. The van der Waals surface area contributed by atoms with Crippen LogP contribution in [0.15, 0.2) is 29.3 Å². The summed E-state index contributed by atoms with van der Waals surface area (Å²) in [6.45, 7) is 5.46. The SMILES string of the molecule is CCNC(=NCc1ccc(OC)cc1)N1CCC(CC(=O)NC)CC1. The van der Waals surface area contributed by atoms with Crippen LogP contribution < -0.4 is 15.4 Å². The van der Waals surface area contributed by atoms with Crippen LogP contribution in [0, 0.1) is 5.92 Å². The first-order chi connectivity index (χ1) is 12.2. The van der Waals surface area contributed by atoms with Crippen LogP contribution in [-0.2, 0) is 11.3 Å². The average molecular weight is 346 g/mol. The van der Waals surface area contributed by atoms with Gasteiger partial charge in [0.25, 0.3) is 0 Å². The highest BCUT2D eigenvalue weighted by Crippen LogP contribution is 2.20. The number of nitrogens with zero attached hydrogens (tertiary/aromatic N) is 2. The molecule has 2 N–H and O–H groups in total. The van der Waals surface area contributed by atoms with Crippen LogP contribution in [0.4, 0.5) is 0 Å². The average Bonchev–Trinajstić information content (AvgIpc) is 2.66. The number of amides is 1. The Morgan fingerprint density at radius 2 is 1.96 bits per heavy atom. The lowest BCUT2D eigenvalue weighted by molar-refractivity contribution is -0.121. The summed E-state index contributed by atoms with van der Waals surface area (Å²) in [7, 11) is 3.37. The van der Waals surface area contributed by atoms with Gasteiger partial charge < -0.3 is 20.3 Å². The molecule has 0 unspecified atom stereocenters. The smallest absolute Gasteiger partial charge is 0.220 e. The van der Waals surface area contributed by atoms with Crippen LogP contribution in [0.2, 0.25) is 0 Å². The first-order valence-corrected chi connectivity index (χ1v) is 9.03. The van der Waals surface area contributed by atoms with Gasteiger partial charge in [-0.1, -0.05) is 12.1 Å². The molecule has 1 saturated heterocycles. The Kier molecular flexibility index (Phi) is 7.57. The number of likely N-dealkylation sites (tertiary alicyclic amines) is 1. The zero-order chi connectivity index (χ0) is 18.1. The lowest BCUT2D eigenvalue weighted by atomic mass is 9.93. The third-order valence-electron chi connectivity index (χ3n) is 4.57. The largest absolute Gasteiger partial charge is 0.497 e. The standard InChI is InChI=1S/C19H30N4O2/c1-4-21-19(22-14-16-5-7-17(25-3)8-6-16)23-11-9-15(10-12-23)13-18(24)20-2/h5-8,15H,4,9-14H2,1-3H3,(H,20,24)(H,21,22). The van der Waals surface area contributed by atoms with Crippen LogP contribution in [0.5, 0.6) is 5.75 Å². The van der Waals surface area contributed by atoms with Gasteiger partial charge >= 0.3 is 0 Å². The number of hydrogen-bond acceptors (Lipinski definition) is 3. The number of ether oxygens (including phenoxy) is 1. The van der Waals surface area contributed by atoms with E-state index in [0.717, 1.165) is 49.7 Å². The molecule has 0 bridgehead atoms. The second-order valence-corrected chi connectivity index (χ2v) is 6.33. The molecule has 6 heteroatoms. The van der Waals surface area contributed by atoms with Crippen molar-refractivity contribution in [2.45, 2.75) is 32.7 Å². The van der Waals surface area contributed by atoms with Gasteiger partial charge in [-0.15, -0.1) is 0 Å². The maximum absolute atomic E-state index is 11.5. The highest BCUT2D eigenvalue weighted by atomic mass is 16.5. The van der Waals surface area contributed by atoms with E-state index < -0.39 is 0 Å². The van der Waals surface area contributed by atoms with Crippen molar-refractivity contribution in [1.82, 2.24) is 15.5 Å². The summed E-state index contributed by atoms with van der Waals surface area (Å²) in [6.07, 6.45) is 2.69. The molecule has 0 atom stereocenters. The van der Waals surface area contributed by atoms with Crippen LogP contribution in [0.3, 0.4) is 0 Å². The maximum Gasteiger partial charge on any atom is 0.220 e. The van der Waals surface area contributed by atoms with Crippen molar-refractivity contribution in [3.8, 4) is 5.75 Å². The second-order valence-electron chi connectivity index (χ2n) is 6.33. The fraction of sp³-hybridized carbons (Fsp3) is 0.579. The van der Waals surface area contributed by atoms with Crippen molar-refractivity contribution >= 4 is 11.9 Å². The quantitative estimate of drug-likeness (QED) is 0.611. The van der Waals surface area contributed by atoms with Crippen molar-refractivity contribution < 1.29 is 9.53 Å². The number of rotatable bonds is 6. The second kappa shape index (κ2) is 9.91.